The third kappa shape index (κ3) is 3.23. The largest absolute Gasteiger partial charge is 0.491 e. The molecule has 1 aromatic rings. The molecule has 0 saturated carbocycles. The predicted octanol–water partition coefficient (Wildman–Crippen LogP) is 2.77. The van der Waals surface area contributed by atoms with Crippen LogP contribution in [0.15, 0.2) is 22.7 Å². The molecule has 5 heteroatoms. The summed E-state index contributed by atoms with van der Waals surface area (Å²) >= 11 is 3.39. The maximum atomic E-state index is 10.7. The first-order valence-corrected chi connectivity index (χ1v) is 6.63. The van der Waals surface area contributed by atoms with E-state index in [-0.39, 0.29) is 6.10 Å². The molecule has 2 atom stereocenters. The van der Waals surface area contributed by atoms with Crippen molar-refractivity contribution in [3.05, 3.63) is 28.2 Å². The van der Waals surface area contributed by atoms with Gasteiger partial charge in [0.25, 0.3) is 0 Å². The Morgan fingerprint density at radius 1 is 1.56 bits per heavy atom. The lowest BCUT2D eigenvalue weighted by Gasteiger charge is -2.14. The number of hydrogen-bond donors (Lipinski definition) is 1. The van der Waals surface area contributed by atoms with Gasteiger partial charge in [0.05, 0.1) is 6.10 Å². The average Bonchev–Trinajstić information content (AvgIpc) is 2.76. The van der Waals surface area contributed by atoms with Crippen LogP contribution in [0.4, 0.5) is 0 Å². The van der Waals surface area contributed by atoms with Crippen LogP contribution in [0.3, 0.4) is 0 Å². The molecule has 1 N–H and O–H groups in total. The maximum absolute atomic E-state index is 10.7. The van der Waals surface area contributed by atoms with Gasteiger partial charge in [-0.05, 0) is 43.5 Å². The number of aliphatic carboxylic acids is 1. The molecule has 0 aromatic heterocycles. The Morgan fingerprint density at radius 2 is 2.33 bits per heavy atom. The van der Waals surface area contributed by atoms with E-state index in [0.717, 1.165) is 22.2 Å². The quantitative estimate of drug-likeness (QED) is 0.928. The number of ether oxygens (including phenoxy) is 2. The summed E-state index contributed by atoms with van der Waals surface area (Å²) in [6.45, 7) is 2.36. The van der Waals surface area contributed by atoms with Gasteiger partial charge < -0.3 is 14.6 Å². The highest BCUT2D eigenvalue weighted by molar-refractivity contribution is 9.10. The van der Waals surface area contributed by atoms with E-state index in [2.05, 4.69) is 15.9 Å². The molecule has 1 heterocycles. The third-order valence-corrected chi connectivity index (χ3v) is 3.44. The van der Waals surface area contributed by atoms with Crippen LogP contribution < -0.4 is 4.74 Å². The predicted molar refractivity (Wildman–Crippen MR) is 69.9 cm³/mol. The number of carbonyl (C=O) groups is 1. The minimum atomic E-state index is -0.891. The van der Waals surface area contributed by atoms with Crippen molar-refractivity contribution < 1.29 is 19.4 Å². The molecule has 18 heavy (non-hydrogen) atoms. The van der Waals surface area contributed by atoms with E-state index < -0.39 is 12.1 Å². The molecular formula is C13H15BrO4. The molecule has 4 nitrogen and oxygen atoms in total. The summed E-state index contributed by atoms with van der Waals surface area (Å²) in [6.07, 6.45) is 0.480. The van der Waals surface area contributed by atoms with Crippen molar-refractivity contribution >= 4 is 21.9 Å². The van der Waals surface area contributed by atoms with Crippen LogP contribution in [0.2, 0.25) is 0 Å². The van der Waals surface area contributed by atoms with Crippen LogP contribution >= 0.6 is 15.9 Å². The number of rotatable bonds is 4. The second-order valence-corrected chi connectivity index (χ2v) is 5.30. The standard InChI is InChI=1S/C13H15BrO4/c1-8-6-9(14)2-4-11(8)17-7-10-3-5-12(18-10)13(15)16/h2,4,6,10,12H,3,5,7H2,1H3,(H,15,16). The first-order chi connectivity index (χ1) is 8.56. The lowest BCUT2D eigenvalue weighted by atomic mass is 10.2. The van der Waals surface area contributed by atoms with Gasteiger partial charge in [0.2, 0.25) is 0 Å². The second kappa shape index (κ2) is 5.71. The highest BCUT2D eigenvalue weighted by Gasteiger charge is 2.30. The maximum Gasteiger partial charge on any atom is 0.332 e. The van der Waals surface area contributed by atoms with Crippen molar-refractivity contribution in [1.29, 1.82) is 0 Å². The Balaban J connectivity index is 1.87. The molecule has 1 fully saturated rings. The van der Waals surface area contributed by atoms with Gasteiger partial charge in [0.1, 0.15) is 12.4 Å². The molecule has 98 valence electrons. The van der Waals surface area contributed by atoms with Gasteiger partial charge in [0, 0.05) is 4.47 Å². The first kappa shape index (κ1) is 13.4. The highest BCUT2D eigenvalue weighted by atomic mass is 79.9. The van der Waals surface area contributed by atoms with Crippen LogP contribution in [0, 0.1) is 6.92 Å². The van der Waals surface area contributed by atoms with E-state index in [9.17, 15) is 4.79 Å². The van der Waals surface area contributed by atoms with E-state index in [4.69, 9.17) is 14.6 Å². The van der Waals surface area contributed by atoms with Crippen molar-refractivity contribution in [2.24, 2.45) is 0 Å². The van der Waals surface area contributed by atoms with E-state index in [1.165, 1.54) is 0 Å². The molecule has 0 aliphatic carbocycles. The fraction of sp³-hybridized carbons (Fsp3) is 0.462. The van der Waals surface area contributed by atoms with Gasteiger partial charge in [-0.25, -0.2) is 4.79 Å². The van der Waals surface area contributed by atoms with Gasteiger partial charge in [-0.3, -0.25) is 0 Å². The molecule has 2 rings (SSSR count). The number of carboxylic acids is 1. The summed E-state index contributed by atoms with van der Waals surface area (Å²) in [5, 5.41) is 8.82. The second-order valence-electron chi connectivity index (χ2n) is 4.38. The molecule has 0 amide bonds. The zero-order valence-corrected chi connectivity index (χ0v) is 11.6. The Labute approximate surface area is 114 Å². The summed E-state index contributed by atoms with van der Waals surface area (Å²) in [7, 11) is 0. The Hall–Kier alpha value is -1.07. The van der Waals surface area contributed by atoms with Crippen molar-refractivity contribution in [1.82, 2.24) is 0 Å². The zero-order chi connectivity index (χ0) is 13.1. The summed E-state index contributed by atoms with van der Waals surface area (Å²) in [5.74, 6) is -0.0853. The zero-order valence-electron chi connectivity index (χ0n) is 10.1. The van der Waals surface area contributed by atoms with E-state index in [0.29, 0.717) is 13.0 Å². The third-order valence-electron chi connectivity index (χ3n) is 2.94. The Morgan fingerprint density at radius 3 is 2.94 bits per heavy atom. The van der Waals surface area contributed by atoms with Crippen LogP contribution in [0.1, 0.15) is 18.4 Å². The number of halogens is 1. The van der Waals surface area contributed by atoms with Crippen molar-refractivity contribution in [3.63, 3.8) is 0 Å². The lowest BCUT2D eigenvalue weighted by Crippen LogP contribution is -2.23. The average molecular weight is 315 g/mol. The molecule has 1 saturated heterocycles. The molecule has 1 aliphatic heterocycles. The van der Waals surface area contributed by atoms with Crippen LogP contribution in [0.5, 0.6) is 5.75 Å². The summed E-state index contributed by atoms with van der Waals surface area (Å²) in [5.41, 5.74) is 1.04. The lowest BCUT2D eigenvalue weighted by molar-refractivity contribution is -0.149. The smallest absolute Gasteiger partial charge is 0.332 e. The minimum Gasteiger partial charge on any atom is -0.491 e. The topological polar surface area (TPSA) is 55.8 Å². The van der Waals surface area contributed by atoms with Gasteiger partial charge in [-0.1, -0.05) is 15.9 Å². The summed E-state index contributed by atoms with van der Waals surface area (Å²) < 4.78 is 12.0. The minimum absolute atomic E-state index is 0.130. The van der Waals surface area contributed by atoms with Gasteiger partial charge >= 0.3 is 5.97 Å². The van der Waals surface area contributed by atoms with Gasteiger partial charge in [-0.15, -0.1) is 0 Å². The van der Waals surface area contributed by atoms with E-state index in [1.807, 2.05) is 25.1 Å². The summed E-state index contributed by atoms with van der Waals surface area (Å²) in [4.78, 5) is 10.7. The molecule has 0 bridgehead atoms. The van der Waals surface area contributed by atoms with Crippen LogP contribution in [0.25, 0.3) is 0 Å². The van der Waals surface area contributed by atoms with Crippen molar-refractivity contribution in [2.75, 3.05) is 6.61 Å². The Kier molecular flexibility index (Phi) is 4.24. The molecular weight excluding hydrogens is 300 g/mol. The number of benzene rings is 1. The van der Waals surface area contributed by atoms with E-state index in [1.54, 1.807) is 0 Å². The van der Waals surface area contributed by atoms with Crippen LogP contribution in [-0.2, 0) is 9.53 Å². The fourth-order valence-electron chi connectivity index (χ4n) is 1.97. The molecule has 2 unspecified atom stereocenters. The monoisotopic (exact) mass is 314 g/mol. The summed E-state index contributed by atoms with van der Waals surface area (Å²) in [6, 6.07) is 5.78. The van der Waals surface area contributed by atoms with Crippen LogP contribution in [-0.4, -0.2) is 29.9 Å². The van der Waals surface area contributed by atoms with E-state index >= 15 is 0 Å². The Bertz CT molecular complexity index is 447. The first-order valence-electron chi connectivity index (χ1n) is 5.83. The molecule has 0 spiro atoms. The van der Waals surface area contributed by atoms with Gasteiger partial charge in [0.15, 0.2) is 6.10 Å². The fourth-order valence-corrected chi connectivity index (χ4v) is 2.44. The SMILES string of the molecule is Cc1cc(Br)ccc1OCC1CCC(C(=O)O)O1. The van der Waals surface area contributed by atoms with Gasteiger partial charge in [-0.2, -0.15) is 0 Å². The van der Waals surface area contributed by atoms with Crippen molar-refractivity contribution in [2.45, 2.75) is 32.0 Å². The molecule has 0 radical (unpaired) electrons. The number of aryl methyl sites for hydroxylation is 1. The number of hydrogen-bond acceptors (Lipinski definition) is 3. The normalized spacial score (nSPS) is 23.0. The molecule has 1 aliphatic rings. The highest BCUT2D eigenvalue weighted by Crippen LogP contribution is 2.24. The van der Waals surface area contributed by atoms with Crippen molar-refractivity contribution in [3.8, 4) is 5.75 Å². The molecule has 1 aromatic carbocycles. The number of carboxylic acid groups (broad SMARTS) is 1.